The normalized spacial score (nSPS) is 18.3. The van der Waals surface area contributed by atoms with Gasteiger partial charge < -0.3 is 9.30 Å². The molecular weight excluding hydrogens is 310 g/mol. The molecular formula is C16H23N5OS. The third kappa shape index (κ3) is 3.30. The maximum absolute atomic E-state index is 5.76. The lowest BCUT2D eigenvalue weighted by Crippen LogP contribution is -2.16. The Labute approximate surface area is 141 Å². The van der Waals surface area contributed by atoms with Gasteiger partial charge in [-0.2, -0.15) is 14.9 Å². The first-order valence-corrected chi connectivity index (χ1v) is 8.50. The molecule has 1 aliphatic rings. The second-order valence-corrected chi connectivity index (χ2v) is 6.31. The van der Waals surface area contributed by atoms with E-state index < -0.39 is 0 Å². The second-order valence-electron chi connectivity index (χ2n) is 5.93. The van der Waals surface area contributed by atoms with E-state index in [0.29, 0.717) is 10.9 Å². The molecule has 1 fully saturated rings. The van der Waals surface area contributed by atoms with Gasteiger partial charge in [0.15, 0.2) is 5.82 Å². The van der Waals surface area contributed by atoms with Crippen LogP contribution in [0.2, 0.25) is 0 Å². The molecule has 0 amide bonds. The van der Waals surface area contributed by atoms with Crippen LogP contribution in [0.15, 0.2) is 11.2 Å². The molecule has 3 heterocycles. The zero-order valence-corrected chi connectivity index (χ0v) is 14.7. The molecule has 0 aromatic carbocycles. The standard InChI is InChI=1S/C16H23N5OS/c1-4-15-18-19-16(23)21(15)17-9-13-8-11(2)20(12(13)3)10-14-6-5-7-22-14/h8-9,14H,4-7,10H2,1-3H3,(H,19,23)/b17-9-/t14-/m1/s1. The molecule has 1 aliphatic heterocycles. The maximum atomic E-state index is 5.76. The van der Waals surface area contributed by atoms with E-state index in [1.807, 2.05) is 13.1 Å². The van der Waals surface area contributed by atoms with Crippen molar-refractivity contribution in [3.05, 3.63) is 33.6 Å². The topological polar surface area (TPSA) is 60.1 Å². The smallest absolute Gasteiger partial charge is 0.216 e. The Morgan fingerprint density at radius 3 is 3.04 bits per heavy atom. The number of rotatable bonds is 5. The van der Waals surface area contributed by atoms with Crippen LogP contribution < -0.4 is 0 Å². The SMILES string of the molecule is CCc1n[nH]c(=S)n1/N=C\c1cc(C)n(C[C@H]2CCCO2)c1C. The van der Waals surface area contributed by atoms with Gasteiger partial charge in [0.2, 0.25) is 4.77 Å². The molecule has 0 aliphatic carbocycles. The monoisotopic (exact) mass is 333 g/mol. The number of aryl methyl sites for hydroxylation is 2. The van der Waals surface area contributed by atoms with E-state index in [0.717, 1.165) is 43.8 Å². The summed E-state index contributed by atoms with van der Waals surface area (Å²) in [7, 11) is 0. The average Bonchev–Trinajstić information content (AvgIpc) is 3.23. The van der Waals surface area contributed by atoms with E-state index in [2.05, 4.69) is 39.8 Å². The van der Waals surface area contributed by atoms with Gasteiger partial charge in [-0.05, 0) is 45.0 Å². The Hall–Kier alpha value is -1.73. The van der Waals surface area contributed by atoms with Crippen LogP contribution in [-0.4, -0.2) is 38.4 Å². The summed E-state index contributed by atoms with van der Waals surface area (Å²) in [6, 6.07) is 2.16. The minimum atomic E-state index is 0.332. The lowest BCUT2D eigenvalue weighted by molar-refractivity contribution is 0.0962. The average molecular weight is 333 g/mol. The summed E-state index contributed by atoms with van der Waals surface area (Å²) in [6.07, 6.45) is 5.28. The molecule has 0 unspecified atom stereocenters. The fraction of sp³-hybridized carbons (Fsp3) is 0.562. The highest BCUT2D eigenvalue weighted by atomic mass is 32.1. The van der Waals surface area contributed by atoms with Crippen LogP contribution in [0.4, 0.5) is 0 Å². The van der Waals surface area contributed by atoms with Gasteiger partial charge in [-0.15, -0.1) is 0 Å². The molecule has 0 spiro atoms. The van der Waals surface area contributed by atoms with Gasteiger partial charge in [-0.1, -0.05) is 6.92 Å². The van der Waals surface area contributed by atoms with Gasteiger partial charge in [0, 0.05) is 36.5 Å². The van der Waals surface area contributed by atoms with Crippen LogP contribution in [-0.2, 0) is 17.7 Å². The van der Waals surface area contributed by atoms with Crippen LogP contribution in [0.5, 0.6) is 0 Å². The summed E-state index contributed by atoms with van der Waals surface area (Å²) in [5.74, 6) is 0.833. The molecule has 6 nitrogen and oxygen atoms in total. The van der Waals surface area contributed by atoms with Crippen molar-refractivity contribution in [3.63, 3.8) is 0 Å². The summed E-state index contributed by atoms with van der Waals surface area (Å²) in [5, 5.41) is 11.5. The Balaban J connectivity index is 1.84. The Bertz CT molecular complexity index is 764. The van der Waals surface area contributed by atoms with E-state index >= 15 is 0 Å². The summed E-state index contributed by atoms with van der Waals surface area (Å²) >= 11 is 5.22. The van der Waals surface area contributed by atoms with Gasteiger partial charge in [-0.25, -0.2) is 0 Å². The van der Waals surface area contributed by atoms with E-state index in [1.165, 1.54) is 11.4 Å². The highest BCUT2D eigenvalue weighted by Crippen LogP contribution is 2.19. The predicted molar refractivity (Wildman–Crippen MR) is 92.7 cm³/mol. The molecule has 7 heteroatoms. The number of nitrogens with zero attached hydrogens (tertiary/aromatic N) is 4. The molecule has 124 valence electrons. The first-order chi connectivity index (χ1) is 11.1. The van der Waals surface area contributed by atoms with Crippen LogP contribution >= 0.6 is 12.2 Å². The summed E-state index contributed by atoms with van der Waals surface area (Å²) in [6.45, 7) is 8.08. The van der Waals surface area contributed by atoms with E-state index in [9.17, 15) is 0 Å². The number of H-pyrrole nitrogens is 1. The zero-order chi connectivity index (χ0) is 16.4. The van der Waals surface area contributed by atoms with Gasteiger partial charge in [-0.3, -0.25) is 5.10 Å². The van der Waals surface area contributed by atoms with Crippen molar-refractivity contribution in [1.82, 2.24) is 19.4 Å². The molecule has 0 radical (unpaired) electrons. The fourth-order valence-electron chi connectivity index (χ4n) is 3.02. The minimum Gasteiger partial charge on any atom is -0.376 e. The van der Waals surface area contributed by atoms with Gasteiger partial charge >= 0.3 is 0 Å². The molecule has 3 rings (SSSR count). The summed E-state index contributed by atoms with van der Waals surface area (Å²) < 4.78 is 10.3. The minimum absolute atomic E-state index is 0.332. The van der Waals surface area contributed by atoms with Crippen molar-refractivity contribution in [2.45, 2.75) is 52.7 Å². The second kappa shape index (κ2) is 6.80. The molecule has 2 aromatic heterocycles. The van der Waals surface area contributed by atoms with E-state index in [4.69, 9.17) is 17.0 Å². The van der Waals surface area contributed by atoms with Crippen molar-refractivity contribution >= 4 is 18.4 Å². The first kappa shape index (κ1) is 16.1. The lowest BCUT2D eigenvalue weighted by atomic mass is 10.2. The van der Waals surface area contributed by atoms with Crippen molar-refractivity contribution in [1.29, 1.82) is 0 Å². The Morgan fingerprint density at radius 2 is 2.35 bits per heavy atom. The Kier molecular flexibility index (Phi) is 4.77. The third-order valence-electron chi connectivity index (χ3n) is 4.37. The van der Waals surface area contributed by atoms with E-state index in [-0.39, 0.29) is 0 Å². The van der Waals surface area contributed by atoms with Crippen LogP contribution in [0.3, 0.4) is 0 Å². The number of ether oxygens (including phenoxy) is 1. The molecule has 2 aromatic rings. The highest BCUT2D eigenvalue weighted by molar-refractivity contribution is 7.71. The maximum Gasteiger partial charge on any atom is 0.216 e. The fourth-order valence-corrected chi connectivity index (χ4v) is 3.22. The van der Waals surface area contributed by atoms with Crippen molar-refractivity contribution in [2.75, 3.05) is 6.61 Å². The predicted octanol–water partition coefficient (Wildman–Crippen LogP) is 2.98. The summed E-state index contributed by atoms with van der Waals surface area (Å²) in [5.41, 5.74) is 3.53. The molecule has 0 saturated carbocycles. The number of nitrogens with one attached hydrogen (secondary N) is 1. The van der Waals surface area contributed by atoms with Crippen molar-refractivity contribution in [2.24, 2.45) is 5.10 Å². The van der Waals surface area contributed by atoms with Crippen molar-refractivity contribution < 1.29 is 4.74 Å². The van der Waals surface area contributed by atoms with Gasteiger partial charge in [0.05, 0.1) is 12.3 Å². The quantitative estimate of drug-likeness (QED) is 0.676. The molecule has 1 atom stereocenters. The largest absolute Gasteiger partial charge is 0.376 e. The van der Waals surface area contributed by atoms with Gasteiger partial charge in [0.25, 0.3) is 0 Å². The van der Waals surface area contributed by atoms with Gasteiger partial charge in [0.1, 0.15) is 0 Å². The number of aromatic amines is 1. The number of hydrogen-bond acceptors (Lipinski definition) is 4. The molecule has 1 N–H and O–H groups in total. The van der Waals surface area contributed by atoms with E-state index in [1.54, 1.807) is 4.68 Å². The molecule has 0 bridgehead atoms. The number of aromatic nitrogens is 4. The lowest BCUT2D eigenvalue weighted by Gasteiger charge is -2.14. The third-order valence-corrected chi connectivity index (χ3v) is 4.63. The molecule has 23 heavy (non-hydrogen) atoms. The molecule has 1 saturated heterocycles. The number of hydrogen-bond donors (Lipinski definition) is 1. The van der Waals surface area contributed by atoms with Crippen LogP contribution in [0.25, 0.3) is 0 Å². The highest BCUT2D eigenvalue weighted by Gasteiger charge is 2.18. The zero-order valence-electron chi connectivity index (χ0n) is 13.9. The van der Waals surface area contributed by atoms with Crippen LogP contribution in [0, 0.1) is 18.6 Å². The van der Waals surface area contributed by atoms with Crippen LogP contribution in [0.1, 0.15) is 42.5 Å². The Morgan fingerprint density at radius 1 is 1.52 bits per heavy atom. The summed E-state index contributed by atoms with van der Waals surface area (Å²) in [4.78, 5) is 0. The first-order valence-electron chi connectivity index (χ1n) is 8.09. The van der Waals surface area contributed by atoms with Crippen molar-refractivity contribution in [3.8, 4) is 0 Å².